The van der Waals surface area contributed by atoms with Gasteiger partial charge in [0.2, 0.25) is 4.80 Å². The third-order valence-corrected chi connectivity index (χ3v) is 4.99. The van der Waals surface area contributed by atoms with Gasteiger partial charge in [0.1, 0.15) is 0 Å². The summed E-state index contributed by atoms with van der Waals surface area (Å²) in [6.45, 7) is 0. The number of alkyl halides is 3. The molecule has 0 bridgehead atoms. The molecule has 0 atom stereocenters. The Morgan fingerprint density at radius 2 is 1.63 bits per heavy atom. The number of pyridine rings is 1. The third kappa shape index (κ3) is 4.38. The number of aromatic nitrogens is 2. The highest BCUT2D eigenvalue weighted by atomic mass is 32.1. The van der Waals surface area contributed by atoms with Crippen molar-refractivity contribution < 1.29 is 13.2 Å². The first-order valence-electron chi connectivity index (χ1n) is 8.95. The monoisotopic (exact) mass is 424 g/mol. The van der Waals surface area contributed by atoms with Gasteiger partial charge in [0.25, 0.3) is 0 Å². The van der Waals surface area contributed by atoms with Crippen LogP contribution < -0.4 is 4.80 Å². The van der Waals surface area contributed by atoms with Crippen LogP contribution in [0.25, 0.3) is 11.3 Å². The molecular formula is C22H15F3N4S. The quantitative estimate of drug-likeness (QED) is 0.385. The van der Waals surface area contributed by atoms with Crippen LogP contribution in [0.4, 0.5) is 18.9 Å². The standard InChI is InChI=1S/C22H15F3N4S/c23-22(24,25)18-11-4-5-12-19(18)28-21-29(27-14-17-10-6-7-13-26-17)20(15-30-21)16-8-2-1-3-9-16/h1-15H/b27-14+,28-21?. The molecule has 30 heavy (non-hydrogen) atoms. The zero-order valence-electron chi connectivity index (χ0n) is 15.5. The van der Waals surface area contributed by atoms with Crippen molar-refractivity contribution in [1.82, 2.24) is 9.66 Å². The van der Waals surface area contributed by atoms with Gasteiger partial charge in [-0.3, -0.25) is 4.98 Å². The molecule has 4 rings (SSSR count). The maximum Gasteiger partial charge on any atom is 0.418 e. The molecule has 2 heterocycles. The number of rotatable bonds is 4. The molecular weight excluding hydrogens is 409 g/mol. The van der Waals surface area contributed by atoms with Gasteiger partial charge in [0.05, 0.1) is 28.9 Å². The first-order valence-corrected chi connectivity index (χ1v) is 9.82. The van der Waals surface area contributed by atoms with Gasteiger partial charge < -0.3 is 0 Å². The first-order chi connectivity index (χ1) is 14.5. The van der Waals surface area contributed by atoms with Crippen LogP contribution in [0.5, 0.6) is 0 Å². The molecule has 0 aliphatic rings. The highest BCUT2D eigenvalue weighted by Gasteiger charge is 2.33. The Hall–Kier alpha value is -3.52. The fourth-order valence-electron chi connectivity index (χ4n) is 2.78. The number of para-hydroxylation sites is 1. The highest BCUT2D eigenvalue weighted by molar-refractivity contribution is 7.07. The number of hydrogen-bond donors (Lipinski definition) is 0. The second-order valence-electron chi connectivity index (χ2n) is 6.21. The van der Waals surface area contributed by atoms with Crippen molar-refractivity contribution >= 4 is 23.2 Å². The predicted octanol–water partition coefficient (Wildman–Crippen LogP) is 5.75. The van der Waals surface area contributed by atoms with Gasteiger partial charge in [-0.05, 0) is 24.3 Å². The Bertz CT molecular complexity index is 1230. The summed E-state index contributed by atoms with van der Waals surface area (Å²) in [6.07, 6.45) is -1.31. The minimum absolute atomic E-state index is 0.159. The van der Waals surface area contributed by atoms with E-state index in [0.29, 0.717) is 10.5 Å². The van der Waals surface area contributed by atoms with E-state index in [1.807, 2.05) is 41.8 Å². The summed E-state index contributed by atoms with van der Waals surface area (Å²) in [5, 5.41) is 6.28. The lowest BCUT2D eigenvalue weighted by molar-refractivity contribution is -0.137. The van der Waals surface area contributed by atoms with Gasteiger partial charge in [-0.15, -0.1) is 11.3 Å². The summed E-state index contributed by atoms with van der Waals surface area (Å²) in [6, 6.07) is 20.1. The molecule has 0 aliphatic heterocycles. The van der Waals surface area contributed by atoms with E-state index in [-0.39, 0.29) is 5.69 Å². The minimum atomic E-state index is -4.50. The smallest absolute Gasteiger partial charge is 0.255 e. The third-order valence-electron chi connectivity index (χ3n) is 4.17. The van der Waals surface area contributed by atoms with E-state index in [1.165, 1.54) is 34.2 Å². The largest absolute Gasteiger partial charge is 0.418 e. The van der Waals surface area contributed by atoms with Crippen molar-refractivity contribution in [3.8, 4) is 11.3 Å². The van der Waals surface area contributed by atoms with Crippen molar-refractivity contribution in [2.24, 2.45) is 10.1 Å². The highest BCUT2D eigenvalue weighted by Crippen LogP contribution is 2.35. The summed E-state index contributed by atoms with van der Waals surface area (Å²) < 4.78 is 41.7. The van der Waals surface area contributed by atoms with Gasteiger partial charge in [0.15, 0.2) is 0 Å². The van der Waals surface area contributed by atoms with Crippen molar-refractivity contribution in [2.45, 2.75) is 6.18 Å². The zero-order chi connectivity index (χ0) is 21.0. The molecule has 2 aromatic carbocycles. The topological polar surface area (TPSA) is 42.5 Å². The van der Waals surface area contributed by atoms with Crippen molar-refractivity contribution in [3.63, 3.8) is 0 Å². The molecule has 0 amide bonds. The average molecular weight is 424 g/mol. The van der Waals surface area contributed by atoms with E-state index in [2.05, 4.69) is 15.1 Å². The summed E-state index contributed by atoms with van der Waals surface area (Å²) in [5.74, 6) is 0. The van der Waals surface area contributed by atoms with Crippen LogP contribution in [0.2, 0.25) is 0 Å². The predicted molar refractivity (Wildman–Crippen MR) is 112 cm³/mol. The lowest BCUT2D eigenvalue weighted by atomic mass is 10.2. The van der Waals surface area contributed by atoms with Gasteiger partial charge in [-0.1, -0.05) is 48.5 Å². The Balaban J connectivity index is 1.88. The maximum atomic E-state index is 13.4. The van der Waals surface area contributed by atoms with E-state index < -0.39 is 11.7 Å². The van der Waals surface area contributed by atoms with Crippen molar-refractivity contribution in [1.29, 1.82) is 0 Å². The molecule has 0 radical (unpaired) electrons. The SMILES string of the molecule is FC(F)(F)c1ccccc1N=c1scc(-c2ccccc2)n1/N=C/c1ccccn1. The molecule has 0 unspecified atom stereocenters. The van der Waals surface area contributed by atoms with Crippen LogP contribution in [-0.2, 0) is 6.18 Å². The van der Waals surface area contributed by atoms with Crippen LogP contribution in [-0.4, -0.2) is 15.9 Å². The number of nitrogens with zero attached hydrogens (tertiary/aromatic N) is 4. The Kier molecular flexibility index (Phi) is 5.58. The van der Waals surface area contributed by atoms with Crippen LogP contribution >= 0.6 is 11.3 Å². The Labute approximate surface area is 174 Å². The number of thiazole rings is 1. The molecule has 150 valence electrons. The maximum absolute atomic E-state index is 13.4. The van der Waals surface area contributed by atoms with Crippen molar-refractivity contribution in [2.75, 3.05) is 0 Å². The normalized spacial score (nSPS) is 12.6. The summed E-state index contributed by atoms with van der Waals surface area (Å²) in [4.78, 5) is 8.81. The fraction of sp³-hybridized carbons (Fsp3) is 0.0455. The van der Waals surface area contributed by atoms with Gasteiger partial charge >= 0.3 is 6.18 Å². The number of benzene rings is 2. The molecule has 0 fully saturated rings. The molecule has 8 heteroatoms. The van der Waals surface area contributed by atoms with Gasteiger partial charge in [-0.2, -0.15) is 18.3 Å². The summed E-state index contributed by atoms with van der Waals surface area (Å²) >= 11 is 1.22. The summed E-state index contributed by atoms with van der Waals surface area (Å²) in [7, 11) is 0. The zero-order valence-corrected chi connectivity index (χ0v) is 16.3. The number of hydrogen-bond acceptors (Lipinski definition) is 4. The molecule has 0 spiro atoms. The van der Waals surface area contributed by atoms with Crippen LogP contribution in [0.15, 0.2) is 94.5 Å². The molecule has 0 saturated carbocycles. The lowest BCUT2D eigenvalue weighted by Gasteiger charge is -2.09. The number of halogens is 3. The molecule has 0 aliphatic carbocycles. The van der Waals surface area contributed by atoms with E-state index in [0.717, 1.165) is 17.3 Å². The Morgan fingerprint density at radius 3 is 2.37 bits per heavy atom. The van der Waals surface area contributed by atoms with Gasteiger partial charge in [0, 0.05) is 17.1 Å². The van der Waals surface area contributed by atoms with Crippen molar-refractivity contribution in [3.05, 3.63) is 100 Å². The Morgan fingerprint density at radius 1 is 0.900 bits per heavy atom. The minimum Gasteiger partial charge on any atom is -0.255 e. The van der Waals surface area contributed by atoms with E-state index in [4.69, 9.17) is 0 Å². The van der Waals surface area contributed by atoms with E-state index >= 15 is 0 Å². The second kappa shape index (κ2) is 8.46. The van der Waals surface area contributed by atoms with Crippen LogP contribution in [0.3, 0.4) is 0 Å². The molecule has 0 N–H and O–H groups in total. The second-order valence-corrected chi connectivity index (χ2v) is 7.04. The average Bonchev–Trinajstić information content (AvgIpc) is 3.15. The molecule has 2 aromatic heterocycles. The fourth-order valence-corrected chi connectivity index (χ4v) is 3.63. The molecule has 0 saturated heterocycles. The van der Waals surface area contributed by atoms with Gasteiger partial charge in [-0.25, -0.2) is 9.67 Å². The lowest BCUT2D eigenvalue weighted by Crippen LogP contribution is -2.13. The van der Waals surface area contributed by atoms with E-state index in [1.54, 1.807) is 24.5 Å². The molecule has 4 nitrogen and oxygen atoms in total. The van der Waals surface area contributed by atoms with E-state index in [9.17, 15) is 13.2 Å². The first kappa shape index (κ1) is 19.8. The summed E-state index contributed by atoms with van der Waals surface area (Å²) in [5.41, 5.74) is 1.26. The molecule has 4 aromatic rings. The van der Waals surface area contributed by atoms with Crippen LogP contribution in [0.1, 0.15) is 11.3 Å². The van der Waals surface area contributed by atoms with Crippen LogP contribution in [0, 0.1) is 0 Å².